The summed E-state index contributed by atoms with van der Waals surface area (Å²) >= 11 is 0. The normalized spacial score (nSPS) is 11.4. The number of aryl methyl sites for hydroxylation is 1. The van der Waals surface area contributed by atoms with Gasteiger partial charge < -0.3 is 4.18 Å². The van der Waals surface area contributed by atoms with Crippen molar-refractivity contribution in [1.82, 2.24) is 4.98 Å². The van der Waals surface area contributed by atoms with Gasteiger partial charge in [-0.15, -0.1) is 0 Å². The second-order valence-corrected chi connectivity index (χ2v) is 7.17. The molecule has 0 atom stereocenters. The topological polar surface area (TPSA) is 73.3 Å². The largest absolute Gasteiger partial charge is 0.378 e. The molecule has 0 amide bonds. The van der Waals surface area contributed by atoms with E-state index >= 15 is 0 Å². The Bertz CT molecular complexity index is 1060. The van der Waals surface area contributed by atoms with Crippen molar-refractivity contribution >= 4 is 26.8 Å². The number of rotatable bonds is 5. The highest BCUT2D eigenvalue weighted by Crippen LogP contribution is 2.27. The molecular formula is C19H17NO4S. The Morgan fingerprint density at radius 2 is 1.88 bits per heavy atom. The van der Waals surface area contributed by atoms with Gasteiger partial charge in [0, 0.05) is 18.0 Å². The third-order valence-electron chi connectivity index (χ3n) is 3.79. The molecule has 0 aliphatic carbocycles. The van der Waals surface area contributed by atoms with E-state index in [1.807, 2.05) is 13.0 Å². The highest BCUT2D eigenvalue weighted by atomic mass is 32.2. The van der Waals surface area contributed by atoms with Crippen molar-refractivity contribution in [2.24, 2.45) is 0 Å². The maximum Gasteiger partial charge on any atom is 0.341 e. The first-order valence-corrected chi connectivity index (χ1v) is 9.25. The molecule has 6 heteroatoms. The number of benzene rings is 2. The maximum absolute atomic E-state index is 12.8. The molecule has 3 aromatic rings. The van der Waals surface area contributed by atoms with Crippen LogP contribution >= 0.6 is 0 Å². The lowest BCUT2D eigenvalue weighted by molar-refractivity contribution is 0.0986. The number of hydrogen-bond acceptors (Lipinski definition) is 5. The van der Waals surface area contributed by atoms with Crippen molar-refractivity contribution < 1.29 is 17.4 Å². The van der Waals surface area contributed by atoms with Crippen molar-refractivity contribution in [3.8, 4) is 5.75 Å². The number of para-hydroxylation sites is 2. The Morgan fingerprint density at radius 1 is 1.12 bits per heavy atom. The van der Waals surface area contributed by atoms with E-state index in [2.05, 4.69) is 4.98 Å². The van der Waals surface area contributed by atoms with Gasteiger partial charge in [-0.3, -0.25) is 9.78 Å². The van der Waals surface area contributed by atoms with E-state index in [0.717, 1.165) is 5.56 Å². The first-order chi connectivity index (χ1) is 11.9. The Labute approximate surface area is 146 Å². The summed E-state index contributed by atoms with van der Waals surface area (Å²) in [4.78, 5) is 16.2. The summed E-state index contributed by atoms with van der Waals surface area (Å²) in [5.41, 5.74) is 1.52. The quantitative estimate of drug-likeness (QED) is 0.512. The third kappa shape index (κ3) is 3.39. The Morgan fingerprint density at radius 3 is 2.64 bits per heavy atom. The van der Waals surface area contributed by atoms with Crippen molar-refractivity contribution in [1.29, 1.82) is 0 Å². The van der Waals surface area contributed by atoms with Crippen LogP contribution in [0.3, 0.4) is 0 Å². The molecule has 1 heterocycles. The summed E-state index contributed by atoms with van der Waals surface area (Å²) in [6, 6.07) is 13.1. The van der Waals surface area contributed by atoms with Crippen LogP contribution in [0.5, 0.6) is 5.75 Å². The predicted molar refractivity (Wildman–Crippen MR) is 95.4 cm³/mol. The zero-order valence-corrected chi connectivity index (χ0v) is 14.7. The van der Waals surface area contributed by atoms with Crippen LogP contribution in [0.15, 0.2) is 59.6 Å². The summed E-state index contributed by atoms with van der Waals surface area (Å²) in [5, 5.41) is 0.711. The van der Waals surface area contributed by atoms with Gasteiger partial charge in [0.2, 0.25) is 0 Å². The molecule has 0 unspecified atom stereocenters. The molecule has 0 N–H and O–H groups in total. The highest BCUT2D eigenvalue weighted by molar-refractivity contribution is 7.87. The molecule has 1 aromatic heterocycles. The molecule has 128 valence electrons. The van der Waals surface area contributed by atoms with Gasteiger partial charge in [0.1, 0.15) is 4.90 Å². The van der Waals surface area contributed by atoms with Gasteiger partial charge >= 0.3 is 10.1 Å². The smallest absolute Gasteiger partial charge is 0.341 e. The molecule has 0 spiro atoms. The minimum atomic E-state index is -4.13. The first-order valence-electron chi connectivity index (χ1n) is 7.84. The monoisotopic (exact) mass is 355 g/mol. The van der Waals surface area contributed by atoms with Gasteiger partial charge in [-0.2, -0.15) is 8.42 Å². The Balaban J connectivity index is 2.09. The first kappa shape index (κ1) is 17.1. The van der Waals surface area contributed by atoms with Crippen LogP contribution in [-0.4, -0.2) is 19.2 Å². The second kappa shape index (κ2) is 6.64. The van der Waals surface area contributed by atoms with Gasteiger partial charge in [0.25, 0.3) is 0 Å². The van der Waals surface area contributed by atoms with Gasteiger partial charge in [0.15, 0.2) is 11.5 Å². The highest BCUT2D eigenvalue weighted by Gasteiger charge is 2.23. The number of aromatic nitrogens is 1. The summed E-state index contributed by atoms with van der Waals surface area (Å²) in [7, 11) is -4.13. The number of Topliss-reactive ketones (excluding diaryl/α,β-unsaturated/α-hetero) is 1. The SMILES string of the molecule is CCC(=O)c1ccccc1OS(=O)(=O)c1cccc2cc(C)cnc12. The van der Waals surface area contributed by atoms with Gasteiger partial charge in [0.05, 0.1) is 11.1 Å². The van der Waals surface area contributed by atoms with Crippen LogP contribution in [0.2, 0.25) is 0 Å². The molecule has 3 rings (SSSR count). The van der Waals surface area contributed by atoms with E-state index in [0.29, 0.717) is 10.9 Å². The molecule has 0 radical (unpaired) electrons. The molecule has 0 aliphatic heterocycles. The second-order valence-electron chi connectivity index (χ2n) is 5.65. The number of ketones is 1. The van der Waals surface area contributed by atoms with Gasteiger partial charge in [-0.25, -0.2) is 0 Å². The van der Waals surface area contributed by atoms with Crippen LogP contribution in [0.1, 0.15) is 29.3 Å². The van der Waals surface area contributed by atoms with E-state index < -0.39 is 10.1 Å². The van der Waals surface area contributed by atoms with Gasteiger partial charge in [-0.1, -0.05) is 31.2 Å². The molecule has 0 bridgehead atoms. The average Bonchev–Trinajstić information content (AvgIpc) is 2.60. The summed E-state index contributed by atoms with van der Waals surface area (Å²) < 4.78 is 30.9. The lowest BCUT2D eigenvalue weighted by Crippen LogP contribution is -2.13. The van der Waals surface area contributed by atoms with Crippen molar-refractivity contribution in [2.75, 3.05) is 0 Å². The van der Waals surface area contributed by atoms with E-state index in [4.69, 9.17) is 4.18 Å². The average molecular weight is 355 g/mol. The van der Waals surface area contributed by atoms with Crippen molar-refractivity contribution in [2.45, 2.75) is 25.2 Å². The molecule has 0 saturated heterocycles. The summed E-state index contributed by atoms with van der Waals surface area (Å²) in [6.45, 7) is 3.60. The molecule has 0 fully saturated rings. The Hall–Kier alpha value is -2.73. The maximum atomic E-state index is 12.8. The number of pyridine rings is 1. The molecule has 25 heavy (non-hydrogen) atoms. The van der Waals surface area contributed by atoms with Crippen molar-refractivity contribution in [3.63, 3.8) is 0 Å². The summed E-state index contributed by atoms with van der Waals surface area (Å²) in [6.07, 6.45) is 1.87. The molecule has 0 saturated carbocycles. The zero-order chi connectivity index (χ0) is 18.0. The fourth-order valence-corrected chi connectivity index (χ4v) is 3.69. The molecular weight excluding hydrogens is 338 g/mol. The minimum absolute atomic E-state index is 0.0243. The van der Waals surface area contributed by atoms with E-state index in [1.54, 1.807) is 43.5 Å². The molecule has 2 aromatic carbocycles. The van der Waals surface area contributed by atoms with Crippen LogP contribution in [0.25, 0.3) is 10.9 Å². The summed E-state index contributed by atoms with van der Waals surface area (Å²) in [5.74, 6) is -0.157. The fourth-order valence-electron chi connectivity index (χ4n) is 2.57. The lowest BCUT2D eigenvalue weighted by Gasteiger charge is -2.12. The minimum Gasteiger partial charge on any atom is -0.378 e. The standard InChI is InChI=1S/C19H17NO4S/c1-3-16(21)15-8-4-5-9-17(15)24-25(22,23)18-10-6-7-14-11-13(2)12-20-19(14)18/h4-12H,3H2,1-2H3. The van der Waals surface area contributed by atoms with Crippen LogP contribution < -0.4 is 4.18 Å². The fraction of sp³-hybridized carbons (Fsp3) is 0.158. The third-order valence-corrected chi connectivity index (χ3v) is 5.06. The zero-order valence-electron chi connectivity index (χ0n) is 13.9. The van der Waals surface area contributed by atoms with Gasteiger partial charge in [-0.05, 0) is 36.8 Å². The van der Waals surface area contributed by atoms with Crippen molar-refractivity contribution in [3.05, 3.63) is 65.9 Å². The number of hydrogen-bond donors (Lipinski definition) is 0. The number of nitrogens with zero attached hydrogens (tertiary/aromatic N) is 1. The number of carbonyl (C=O) groups is 1. The predicted octanol–water partition coefficient (Wildman–Crippen LogP) is 3.90. The van der Waals surface area contributed by atoms with E-state index in [9.17, 15) is 13.2 Å². The number of carbonyl (C=O) groups excluding carboxylic acids is 1. The molecule has 5 nitrogen and oxygen atoms in total. The van der Waals surface area contributed by atoms with Crippen LogP contribution in [-0.2, 0) is 10.1 Å². The Kier molecular flexibility index (Phi) is 4.55. The van der Waals surface area contributed by atoms with Crippen LogP contribution in [0.4, 0.5) is 0 Å². The van der Waals surface area contributed by atoms with E-state index in [-0.39, 0.29) is 28.4 Å². The lowest BCUT2D eigenvalue weighted by atomic mass is 10.1. The van der Waals surface area contributed by atoms with Crippen LogP contribution in [0, 0.1) is 6.92 Å². The number of fused-ring (bicyclic) bond motifs is 1. The molecule has 0 aliphatic rings. The van der Waals surface area contributed by atoms with E-state index in [1.165, 1.54) is 12.1 Å².